The fourth-order valence-electron chi connectivity index (χ4n) is 2.66. The van der Waals surface area contributed by atoms with Crippen molar-refractivity contribution < 1.29 is 18.0 Å². The number of halogens is 4. The summed E-state index contributed by atoms with van der Waals surface area (Å²) >= 11 is 5.57. The molecule has 152 valence electrons. The second-order valence-electron chi connectivity index (χ2n) is 6.22. The first-order chi connectivity index (χ1) is 14.3. The molecule has 1 heterocycles. The Morgan fingerprint density at radius 3 is 2.57 bits per heavy atom. The van der Waals surface area contributed by atoms with Crippen LogP contribution in [-0.2, 0) is 12.7 Å². The van der Waals surface area contributed by atoms with E-state index in [-0.39, 0.29) is 12.2 Å². The van der Waals surface area contributed by atoms with E-state index in [9.17, 15) is 18.0 Å². The first-order valence-corrected chi connectivity index (χ1v) is 8.98. The summed E-state index contributed by atoms with van der Waals surface area (Å²) in [6.45, 7) is 7.09. The van der Waals surface area contributed by atoms with Gasteiger partial charge in [-0.1, -0.05) is 42.4 Å². The lowest BCUT2D eigenvalue weighted by atomic mass is 10.0. The molecule has 0 spiro atoms. The Bertz CT molecular complexity index is 1110. The number of hydrogen-bond donors (Lipinski definition) is 2. The number of benzene rings is 2. The highest BCUT2D eigenvalue weighted by Gasteiger charge is 2.33. The molecule has 0 atom stereocenters. The zero-order chi connectivity index (χ0) is 21.7. The van der Waals surface area contributed by atoms with Crippen molar-refractivity contribution in [1.82, 2.24) is 10.3 Å². The zero-order valence-electron chi connectivity index (χ0n) is 15.3. The highest BCUT2D eigenvalue weighted by molar-refractivity contribution is 6.31. The average molecular weight is 431 g/mol. The summed E-state index contributed by atoms with van der Waals surface area (Å²) in [6.07, 6.45) is -3.03. The number of carbonyl (C=O) groups excluding carboxylic acids is 1. The van der Waals surface area contributed by atoms with Gasteiger partial charge in [-0.15, -0.1) is 4.98 Å². The topological polar surface area (TPSA) is 58.4 Å². The molecule has 0 bridgehead atoms. The number of hydrogen-bond acceptors (Lipinski definition) is 2. The highest BCUT2D eigenvalue weighted by Crippen LogP contribution is 2.36. The maximum Gasteiger partial charge on any atom is 0.417 e. The van der Waals surface area contributed by atoms with Crippen molar-refractivity contribution in [2.45, 2.75) is 12.7 Å². The number of carbonyl (C=O) groups is 1. The molecule has 0 fully saturated rings. The van der Waals surface area contributed by atoms with E-state index in [1.165, 1.54) is 6.07 Å². The van der Waals surface area contributed by atoms with E-state index in [1.54, 1.807) is 24.4 Å². The van der Waals surface area contributed by atoms with E-state index in [0.29, 0.717) is 5.82 Å². The van der Waals surface area contributed by atoms with E-state index in [4.69, 9.17) is 18.2 Å². The Labute approximate surface area is 175 Å². The first kappa shape index (κ1) is 21.1. The summed E-state index contributed by atoms with van der Waals surface area (Å²) in [6, 6.07) is 13.2. The van der Waals surface area contributed by atoms with Crippen molar-refractivity contribution in [2.24, 2.45) is 0 Å². The third kappa shape index (κ3) is 5.27. The number of pyridine rings is 1. The lowest BCUT2D eigenvalue weighted by Crippen LogP contribution is -2.28. The minimum Gasteiger partial charge on any atom is -0.361 e. The first-order valence-electron chi connectivity index (χ1n) is 8.60. The summed E-state index contributed by atoms with van der Waals surface area (Å²) in [5.74, 6) is 0.295. The summed E-state index contributed by atoms with van der Waals surface area (Å²) in [5, 5.41) is 4.52. The Hall–Kier alpha value is -3.57. The summed E-state index contributed by atoms with van der Waals surface area (Å²) in [5.41, 5.74) is 1.40. The van der Waals surface area contributed by atoms with Crippen LogP contribution in [-0.4, -0.2) is 11.0 Å². The summed E-state index contributed by atoms with van der Waals surface area (Å²) in [7, 11) is 0. The Kier molecular flexibility index (Phi) is 6.23. The standard InChI is InChI=1S/C21H14ClF3N4O/c1-26-19-8-5-15(12-27-19)14-4-2-3-13(9-14)11-28-20(30)29-16-6-7-18(22)17(10-16)21(23,24)25/h2-10,12H,11H2,(H2,28,29,30). The molecule has 0 radical (unpaired) electrons. The summed E-state index contributed by atoms with van der Waals surface area (Å²) < 4.78 is 38.8. The molecule has 5 nitrogen and oxygen atoms in total. The lowest BCUT2D eigenvalue weighted by Gasteiger charge is -2.12. The zero-order valence-corrected chi connectivity index (χ0v) is 16.1. The van der Waals surface area contributed by atoms with Crippen LogP contribution in [0.1, 0.15) is 11.1 Å². The number of amides is 2. The normalized spacial score (nSPS) is 10.9. The number of aromatic nitrogens is 1. The SMILES string of the molecule is [C-]#[N+]c1ccc(-c2cccc(CNC(=O)Nc3ccc(Cl)c(C(F)(F)F)c3)c2)cn1. The van der Waals surface area contributed by atoms with Gasteiger partial charge >= 0.3 is 12.2 Å². The van der Waals surface area contributed by atoms with E-state index in [2.05, 4.69) is 20.5 Å². The van der Waals surface area contributed by atoms with Crippen LogP contribution in [0.4, 0.5) is 29.5 Å². The van der Waals surface area contributed by atoms with Gasteiger partial charge in [-0.2, -0.15) is 13.2 Å². The third-order valence-electron chi connectivity index (χ3n) is 4.11. The number of anilines is 1. The number of alkyl halides is 3. The monoisotopic (exact) mass is 430 g/mol. The van der Waals surface area contributed by atoms with E-state index < -0.39 is 22.8 Å². The number of nitrogens with one attached hydrogen (secondary N) is 2. The summed E-state index contributed by atoms with van der Waals surface area (Å²) in [4.78, 5) is 19.4. The van der Waals surface area contributed by atoms with Gasteiger partial charge in [0, 0.05) is 17.8 Å². The van der Waals surface area contributed by atoms with Crippen LogP contribution in [0.2, 0.25) is 5.02 Å². The van der Waals surface area contributed by atoms with E-state index in [0.717, 1.165) is 28.8 Å². The van der Waals surface area contributed by atoms with Gasteiger partial charge in [0.1, 0.15) is 6.20 Å². The number of nitrogens with zero attached hydrogens (tertiary/aromatic N) is 2. The van der Waals surface area contributed by atoms with Gasteiger partial charge in [-0.05, 0) is 41.5 Å². The second-order valence-corrected chi connectivity index (χ2v) is 6.62. The third-order valence-corrected chi connectivity index (χ3v) is 4.44. The van der Waals surface area contributed by atoms with Crippen molar-refractivity contribution in [3.8, 4) is 11.1 Å². The maximum atomic E-state index is 12.9. The Morgan fingerprint density at radius 1 is 1.10 bits per heavy atom. The number of urea groups is 1. The molecular formula is C21H14ClF3N4O. The quantitative estimate of drug-likeness (QED) is 0.478. The molecular weight excluding hydrogens is 417 g/mol. The van der Waals surface area contributed by atoms with Crippen LogP contribution in [0, 0.1) is 6.57 Å². The van der Waals surface area contributed by atoms with Gasteiger partial charge in [0.15, 0.2) is 0 Å². The predicted octanol–water partition coefficient (Wildman–Crippen LogP) is 6.29. The molecule has 0 saturated carbocycles. The van der Waals surface area contributed by atoms with Gasteiger partial charge in [-0.3, -0.25) is 0 Å². The molecule has 0 saturated heterocycles. The number of rotatable bonds is 4. The molecule has 2 aromatic carbocycles. The van der Waals surface area contributed by atoms with Gasteiger partial charge in [0.05, 0.1) is 10.6 Å². The van der Waals surface area contributed by atoms with E-state index in [1.807, 2.05) is 18.2 Å². The van der Waals surface area contributed by atoms with Crippen LogP contribution >= 0.6 is 11.6 Å². The Balaban J connectivity index is 1.65. The van der Waals surface area contributed by atoms with Gasteiger partial charge < -0.3 is 15.5 Å². The lowest BCUT2D eigenvalue weighted by molar-refractivity contribution is -0.137. The van der Waals surface area contributed by atoms with Gasteiger partial charge in [-0.25, -0.2) is 4.79 Å². The van der Waals surface area contributed by atoms with E-state index >= 15 is 0 Å². The minimum atomic E-state index is -4.62. The molecule has 9 heteroatoms. The van der Waals surface area contributed by atoms with Gasteiger partial charge in [0.25, 0.3) is 5.82 Å². The maximum absolute atomic E-state index is 12.9. The van der Waals surface area contributed by atoms with Crippen LogP contribution in [0.5, 0.6) is 0 Å². The fourth-order valence-corrected chi connectivity index (χ4v) is 2.89. The molecule has 1 aromatic heterocycles. The van der Waals surface area contributed by atoms with Crippen molar-refractivity contribution in [3.63, 3.8) is 0 Å². The smallest absolute Gasteiger partial charge is 0.361 e. The molecule has 30 heavy (non-hydrogen) atoms. The van der Waals surface area contributed by atoms with Crippen LogP contribution < -0.4 is 10.6 Å². The van der Waals surface area contributed by atoms with Crippen LogP contribution in [0.3, 0.4) is 0 Å². The van der Waals surface area contributed by atoms with Gasteiger partial charge in [0.2, 0.25) is 0 Å². The highest BCUT2D eigenvalue weighted by atomic mass is 35.5. The average Bonchev–Trinajstić information content (AvgIpc) is 2.73. The predicted molar refractivity (Wildman–Crippen MR) is 108 cm³/mol. The molecule has 0 aliphatic rings. The van der Waals surface area contributed by atoms with Crippen LogP contribution in [0.15, 0.2) is 60.8 Å². The van der Waals surface area contributed by atoms with Crippen molar-refractivity contribution in [3.05, 3.63) is 88.4 Å². The molecule has 2 amide bonds. The molecule has 0 aliphatic carbocycles. The molecule has 0 aliphatic heterocycles. The largest absolute Gasteiger partial charge is 0.417 e. The van der Waals surface area contributed by atoms with Crippen LogP contribution in [0.25, 0.3) is 16.0 Å². The molecule has 3 rings (SSSR count). The Morgan fingerprint density at radius 2 is 1.90 bits per heavy atom. The minimum absolute atomic E-state index is 0.0241. The molecule has 0 unspecified atom stereocenters. The second kappa shape index (κ2) is 8.84. The fraction of sp³-hybridized carbons (Fsp3) is 0.0952. The molecule has 3 aromatic rings. The molecule has 2 N–H and O–H groups in total. The van der Waals surface area contributed by atoms with Crippen molar-refractivity contribution >= 4 is 29.1 Å². The van der Waals surface area contributed by atoms with Crippen molar-refractivity contribution in [1.29, 1.82) is 0 Å². The van der Waals surface area contributed by atoms with Crippen molar-refractivity contribution in [2.75, 3.05) is 5.32 Å².